The topological polar surface area (TPSA) is 64.6 Å². The van der Waals surface area contributed by atoms with Gasteiger partial charge in [-0.05, 0) is 55.5 Å². The third kappa shape index (κ3) is 5.53. The summed E-state index contributed by atoms with van der Waals surface area (Å²) < 4.78 is 10.7. The Balaban J connectivity index is 1.61. The Labute approximate surface area is 184 Å². The SMILES string of the molecule is CCOC(=O)c1ccc(NC(=O)c2ccc(OCc3ccccc3Cl)cc2)cc1Cl. The number of nitrogens with one attached hydrogen (secondary N) is 1. The monoisotopic (exact) mass is 443 g/mol. The molecule has 0 saturated heterocycles. The van der Waals surface area contributed by atoms with Crippen LogP contribution in [0.3, 0.4) is 0 Å². The molecule has 154 valence electrons. The quantitative estimate of drug-likeness (QED) is 0.454. The molecule has 30 heavy (non-hydrogen) atoms. The molecule has 1 amide bonds. The van der Waals surface area contributed by atoms with E-state index in [0.29, 0.717) is 28.6 Å². The fourth-order valence-electron chi connectivity index (χ4n) is 2.65. The van der Waals surface area contributed by atoms with E-state index >= 15 is 0 Å². The van der Waals surface area contributed by atoms with Crippen molar-refractivity contribution in [2.75, 3.05) is 11.9 Å². The average Bonchev–Trinajstić information content (AvgIpc) is 2.74. The zero-order valence-corrected chi connectivity index (χ0v) is 17.7. The van der Waals surface area contributed by atoms with Crippen LogP contribution < -0.4 is 10.1 Å². The van der Waals surface area contributed by atoms with E-state index in [4.69, 9.17) is 32.7 Å². The number of amides is 1. The van der Waals surface area contributed by atoms with Gasteiger partial charge in [0.15, 0.2) is 0 Å². The summed E-state index contributed by atoms with van der Waals surface area (Å²) >= 11 is 12.2. The Kier molecular flexibility index (Phi) is 7.33. The van der Waals surface area contributed by atoms with E-state index in [0.717, 1.165) is 5.56 Å². The largest absolute Gasteiger partial charge is 0.489 e. The van der Waals surface area contributed by atoms with Crippen LogP contribution in [0.1, 0.15) is 33.2 Å². The van der Waals surface area contributed by atoms with E-state index in [2.05, 4.69) is 5.32 Å². The standard InChI is InChI=1S/C23H19Cl2NO4/c1-2-29-23(28)19-12-9-17(13-21(19)25)26-22(27)15-7-10-18(11-8-15)30-14-16-5-3-4-6-20(16)24/h3-13H,2,14H2,1H3,(H,26,27). The van der Waals surface area contributed by atoms with Crippen molar-refractivity contribution in [2.24, 2.45) is 0 Å². The van der Waals surface area contributed by atoms with Gasteiger partial charge in [-0.1, -0.05) is 41.4 Å². The van der Waals surface area contributed by atoms with Crippen LogP contribution in [-0.2, 0) is 11.3 Å². The number of esters is 1. The Hall–Kier alpha value is -3.02. The molecular weight excluding hydrogens is 425 g/mol. The highest BCUT2D eigenvalue weighted by atomic mass is 35.5. The van der Waals surface area contributed by atoms with Gasteiger partial charge in [0.1, 0.15) is 12.4 Å². The van der Waals surface area contributed by atoms with Crippen LogP contribution in [0.4, 0.5) is 5.69 Å². The third-order valence-electron chi connectivity index (χ3n) is 4.19. The summed E-state index contributed by atoms with van der Waals surface area (Å²) in [6.07, 6.45) is 0. The number of halogens is 2. The highest BCUT2D eigenvalue weighted by Gasteiger charge is 2.13. The summed E-state index contributed by atoms with van der Waals surface area (Å²) in [5.74, 6) is -0.200. The maximum absolute atomic E-state index is 12.5. The molecule has 0 spiro atoms. The summed E-state index contributed by atoms with van der Waals surface area (Å²) in [5.41, 5.74) is 2.04. The summed E-state index contributed by atoms with van der Waals surface area (Å²) in [7, 11) is 0. The number of benzene rings is 3. The predicted molar refractivity (Wildman–Crippen MR) is 118 cm³/mol. The van der Waals surface area contributed by atoms with Gasteiger partial charge in [0.2, 0.25) is 0 Å². The second kappa shape index (κ2) is 10.1. The van der Waals surface area contributed by atoms with Gasteiger partial charge in [-0.15, -0.1) is 0 Å². The lowest BCUT2D eigenvalue weighted by atomic mass is 10.1. The average molecular weight is 444 g/mol. The smallest absolute Gasteiger partial charge is 0.339 e. The van der Waals surface area contributed by atoms with Gasteiger partial charge < -0.3 is 14.8 Å². The molecule has 3 aromatic carbocycles. The first kappa shape index (κ1) is 21.7. The van der Waals surface area contributed by atoms with Gasteiger partial charge in [-0.2, -0.15) is 0 Å². The Morgan fingerprint density at radius 2 is 1.67 bits per heavy atom. The van der Waals surface area contributed by atoms with Crippen molar-refractivity contribution < 1.29 is 19.1 Å². The Bertz CT molecular complexity index is 1050. The minimum Gasteiger partial charge on any atom is -0.489 e. The van der Waals surface area contributed by atoms with Crippen molar-refractivity contribution in [2.45, 2.75) is 13.5 Å². The van der Waals surface area contributed by atoms with E-state index in [1.807, 2.05) is 18.2 Å². The van der Waals surface area contributed by atoms with E-state index in [1.54, 1.807) is 43.3 Å². The number of hydrogen-bond donors (Lipinski definition) is 1. The van der Waals surface area contributed by atoms with Crippen molar-refractivity contribution >= 4 is 40.8 Å². The minimum atomic E-state index is -0.507. The first-order valence-electron chi connectivity index (χ1n) is 9.22. The molecule has 0 aliphatic rings. The van der Waals surface area contributed by atoms with Gasteiger partial charge in [0, 0.05) is 21.8 Å². The molecule has 3 aromatic rings. The lowest BCUT2D eigenvalue weighted by Gasteiger charge is -2.10. The van der Waals surface area contributed by atoms with Crippen LogP contribution in [0.25, 0.3) is 0 Å². The lowest BCUT2D eigenvalue weighted by Crippen LogP contribution is -2.12. The molecule has 0 atom stereocenters. The number of ether oxygens (including phenoxy) is 2. The van der Waals surface area contributed by atoms with Crippen LogP contribution in [0, 0.1) is 0 Å². The molecule has 5 nitrogen and oxygen atoms in total. The van der Waals surface area contributed by atoms with Crippen LogP contribution >= 0.6 is 23.2 Å². The second-order valence-electron chi connectivity index (χ2n) is 6.27. The Morgan fingerprint density at radius 1 is 0.933 bits per heavy atom. The first-order chi connectivity index (χ1) is 14.5. The third-order valence-corrected chi connectivity index (χ3v) is 4.87. The zero-order chi connectivity index (χ0) is 21.5. The number of rotatable bonds is 7. The summed E-state index contributed by atoms with van der Waals surface area (Å²) in [5, 5.41) is 3.59. The van der Waals surface area contributed by atoms with E-state index in [-0.39, 0.29) is 23.1 Å². The van der Waals surface area contributed by atoms with Crippen molar-refractivity contribution in [1.29, 1.82) is 0 Å². The molecule has 7 heteroatoms. The van der Waals surface area contributed by atoms with E-state index < -0.39 is 5.97 Å². The second-order valence-corrected chi connectivity index (χ2v) is 7.09. The molecule has 0 fully saturated rings. The molecule has 0 saturated carbocycles. The van der Waals surface area contributed by atoms with Gasteiger partial charge in [0.05, 0.1) is 17.2 Å². The molecule has 0 aromatic heterocycles. The van der Waals surface area contributed by atoms with Gasteiger partial charge >= 0.3 is 5.97 Å². The number of carbonyl (C=O) groups excluding carboxylic acids is 2. The van der Waals surface area contributed by atoms with Crippen molar-refractivity contribution in [3.63, 3.8) is 0 Å². The van der Waals surface area contributed by atoms with E-state index in [9.17, 15) is 9.59 Å². The van der Waals surface area contributed by atoms with Crippen LogP contribution in [0.2, 0.25) is 10.0 Å². The molecule has 0 unspecified atom stereocenters. The molecule has 0 bridgehead atoms. The molecule has 0 heterocycles. The number of carbonyl (C=O) groups is 2. The minimum absolute atomic E-state index is 0.203. The summed E-state index contributed by atoms with van der Waals surface area (Å²) in [6, 6.07) is 18.8. The van der Waals surface area contributed by atoms with Crippen molar-refractivity contribution in [3.8, 4) is 5.75 Å². The molecular formula is C23H19Cl2NO4. The first-order valence-corrected chi connectivity index (χ1v) is 9.98. The fraction of sp³-hybridized carbons (Fsp3) is 0.130. The summed E-state index contributed by atoms with van der Waals surface area (Å²) in [6.45, 7) is 2.30. The number of anilines is 1. The normalized spacial score (nSPS) is 10.4. The summed E-state index contributed by atoms with van der Waals surface area (Å²) in [4.78, 5) is 24.3. The number of hydrogen-bond acceptors (Lipinski definition) is 4. The van der Waals surface area contributed by atoms with Crippen molar-refractivity contribution in [1.82, 2.24) is 0 Å². The van der Waals surface area contributed by atoms with Gasteiger partial charge in [0.25, 0.3) is 5.91 Å². The molecule has 1 N–H and O–H groups in total. The predicted octanol–water partition coefficient (Wildman–Crippen LogP) is 6.00. The van der Waals surface area contributed by atoms with E-state index in [1.165, 1.54) is 12.1 Å². The highest BCUT2D eigenvalue weighted by Crippen LogP contribution is 2.23. The zero-order valence-electron chi connectivity index (χ0n) is 16.2. The highest BCUT2D eigenvalue weighted by molar-refractivity contribution is 6.34. The van der Waals surface area contributed by atoms with Crippen LogP contribution in [0.5, 0.6) is 5.75 Å². The van der Waals surface area contributed by atoms with Gasteiger partial charge in [-0.3, -0.25) is 4.79 Å². The van der Waals surface area contributed by atoms with Crippen LogP contribution in [0.15, 0.2) is 66.7 Å². The lowest BCUT2D eigenvalue weighted by molar-refractivity contribution is 0.0526. The fourth-order valence-corrected chi connectivity index (χ4v) is 3.10. The van der Waals surface area contributed by atoms with Crippen molar-refractivity contribution in [3.05, 3.63) is 93.5 Å². The Morgan fingerprint density at radius 3 is 2.33 bits per heavy atom. The molecule has 0 radical (unpaired) electrons. The maximum atomic E-state index is 12.5. The van der Waals surface area contributed by atoms with Gasteiger partial charge in [-0.25, -0.2) is 4.79 Å². The molecule has 0 aliphatic heterocycles. The molecule has 0 aliphatic carbocycles. The van der Waals surface area contributed by atoms with Crippen LogP contribution in [-0.4, -0.2) is 18.5 Å². The maximum Gasteiger partial charge on any atom is 0.339 e. The molecule has 3 rings (SSSR count).